The number of ether oxygens (including phenoxy) is 1. The first-order chi connectivity index (χ1) is 15.5. The van der Waals surface area contributed by atoms with E-state index in [0.29, 0.717) is 37.1 Å². The van der Waals surface area contributed by atoms with Gasteiger partial charge in [0.25, 0.3) is 5.91 Å². The maximum Gasteiger partial charge on any atom is 0.255 e. The van der Waals surface area contributed by atoms with Crippen molar-refractivity contribution in [3.8, 4) is 5.75 Å². The third kappa shape index (κ3) is 5.00. The van der Waals surface area contributed by atoms with Crippen molar-refractivity contribution in [1.29, 1.82) is 0 Å². The fraction of sp³-hybridized carbons (Fsp3) is 0.259. The summed E-state index contributed by atoms with van der Waals surface area (Å²) in [6, 6.07) is 19.4. The summed E-state index contributed by atoms with van der Waals surface area (Å²) in [6.07, 6.45) is 3.34. The highest BCUT2D eigenvalue weighted by Gasteiger charge is 2.29. The van der Waals surface area contributed by atoms with E-state index in [-0.39, 0.29) is 17.6 Å². The molecule has 1 fully saturated rings. The molecule has 0 bridgehead atoms. The first-order valence-corrected chi connectivity index (χ1v) is 11.7. The summed E-state index contributed by atoms with van der Waals surface area (Å²) in [5, 5.41) is 1.99. The van der Waals surface area contributed by atoms with Crippen LogP contribution >= 0.6 is 11.3 Å². The Morgan fingerprint density at radius 2 is 1.78 bits per heavy atom. The van der Waals surface area contributed by atoms with Gasteiger partial charge in [0.15, 0.2) is 5.78 Å². The van der Waals surface area contributed by atoms with Gasteiger partial charge in [-0.15, -0.1) is 11.3 Å². The van der Waals surface area contributed by atoms with E-state index in [1.807, 2.05) is 64.9 Å². The topological polar surface area (TPSA) is 46.6 Å². The third-order valence-corrected chi connectivity index (χ3v) is 6.80. The molecule has 0 unspecified atom stereocenters. The highest BCUT2D eigenvalue weighted by molar-refractivity contribution is 7.11. The van der Waals surface area contributed by atoms with Crippen molar-refractivity contribution >= 4 is 34.7 Å². The van der Waals surface area contributed by atoms with Gasteiger partial charge in [-0.3, -0.25) is 9.59 Å². The van der Waals surface area contributed by atoms with Gasteiger partial charge in [-0.05, 0) is 67.1 Å². The van der Waals surface area contributed by atoms with Gasteiger partial charge in [0.2, 0.25) is 0 Å². The number of rotatable bonds is 6. The number of nitrogens with zero attached hydrogens (tertiary/aromatic N) is 1. The molecular formula is C27H27NO3S. The van der Waals surface area contributed by atoms with Crippen LogP contribution in [0.5, 0.6) is 5.75 Å². The van der Waals surface area contributed by atoms with E-state index < -0.39 is 0 Å². The third-order valence-electron chi connectivity index (χ3n) is 5.90. The highest BCUT2D eigenvalue weighted by Crippen LogP contribution is 2.29. The van der Waals surface area contributed by atoms with E-state index in [2.05, 4.69) is 19.1 Å². The molecule has 0 spiro atoms. The van der Waals surface area contributed by atoms with Crippen LogP contribution in [0.4, 0.5) is 0 Å². The minimum absolute atomic E-state index is 0.0318. The van der Waals surface area contributed by atoms with Gasteiger partial charge < -0.3 is 9.64 Å². The van der Waals surface area contributed by atoms with Crippen molar-refractivity contribution in [2.75, 3.05) is 20.2 Å². The summed E-state index contributed by atoms with van der Waals surface area (Å²) >= 11 is 1.57. The monoisotopic (exact) mass is 445 g/mol. The Morgan fingerprint density at radius 1 is 1.03 bits per heavy atom. The molecule has 2 aromatic carbocycles. The molecule has 1 aromatic heterocycles. The molecule has 0 aliphatic carbocycles. The van der Waals surface area contributed by atoms with E-state index in [1.54, 1.807) is 18.4 Å². The van der Waals surface area contributed by atoms with Crippen LogP contribution in [-0.4, -0.2) is 36.8 Å². The maximum absolute atomic E-state index is 13.5. The fourth-order valence-corrected chi connectivity index (χ4v) is 4.84. The minimum Gasteiger partial charge on any atom is -0.497 e. The number of carbonyl (C=O) groups is 2. The quantitative estimate of drug-likeness (QED) is 0.360. The number of aryl methyl sites for hydroxylation is 1. The average Bonchev–Trinajstić information content (AvgIpc) is 3.36. The summed E-state index contributed by atoms with van der Waals surface area (Å²) in [7, 11) is 1.61. The van der Waals surface area contributed by atoms with E-state index >= 15 is 0 Å². The lowest BCUT2D eigenvalue weighted by molar-refractivity contribution is -0.126. The number of piperidine rings is 1. The molecule has 4 nitrogen and oxygen atoms in total. The Bertz CT molecular complexity index is 1110. The number of thiophene rings is 1. The van der Waals surface area contributed by atoms with Crippen LogP contribution in [0.15, 0.2) is 66.0 Å². The van der Waals surface area contributed by atoms with Gasteiger partial charge >= 0.3 is 0 Å². The molecule has 4 rings (SSSR count). The average molecular weight is 446 g/mol. The molecule has 1 saturated heterocycles. The lowest BCUT2D eigenvalue weighted by atomic mass is 9.88. The number of carbonyl (C=O) groups excluding carboxylic acids is 2. The molecule has 164 valence electrons. The van der Waals surface area contributed by atoms with Crippen molar-refractivity contribution in [2.45, 2.75) is 19.8 Å². The molecule has 0 N–H and O–H groups in total. The van der Waals surface area contributed by atoms with E-state index in [9.17, 15) is 9.59 Å². The van der Waals surface area contributed by atoms with Gasteiger partial charge in [-0.2, -0.15) is 0 Å². The fourth-order valence-electron chi connectivity index (χ4n) is 4.10. The Labute approximate surface area is 193 Å². The predicted molar refractivity (Wildman–Crippen MR) is 130 cm³/mol. The van der Waals surface area contributed by atoms with Gasteiger partial charge in [0.1, 0.15) is 5.75 Å². The summed E-state index contributed by atoms with van der Waals surface area (Å²) in [5.74, 6) is 0.861. The summed E-state index contributed by atoms with van der Waals surface area (Å²) < 4.78 is 5.18. The molecule has 0 atom stereocenters. The number of amides is 1. The molecule has 0 saturated carbocycles. The van der Waals surface area contributed by atoms with Gasteiger partial charge in [0, 0.05) is 29.4 Å². The zero-order valence-corrected chi connectivity index (χ0v) is 19.2. The molecule has 1 amide bonds. The smallest absolute Gasteiger partial charge is 0.255 e. The van der Waals surface area contributed by atoms with Crippen molar-refractivity contribution in [2.24, 2.45) is 5.92 Å². The Hall–Kier alpha value is -3.18. The standard InChI is InChI=1S/C27H27NO3S/c1-19-5-3-6-20(17-19)18-24(25-7-4-16-32-25)27(30)28-14-12-22(13-15-28)26(29)21-8-10-23(31-2)11-9-21/h3-11,16-18,22H,12-15H2,1-2H3/b24-18-. The summed E-state index contributed by atoms with van der Waals surface area (Å²) in [6.45, 7) is 3.22. The number of hydrogen-bond donors (Lipinski definition) is 0. The van der Waals surface area contributed by atoms with Crippen LogP contribution in [0, 0.1) is 12.8 Å². The predicted octanol–water partition coefficient (Wildman–Crippen LogP) is 5.73. The molecule has 1 aliphatic heterocycles. The van der Waals surface area contributed by atoms with Crippen LogP contribution in [0.25, 0.3) is 11.6 Å². The van der Waals surface area contributed by atoms with Crippen LogP contribution in [0.3, 0.4) is 0 Å². The minimum atomic E-state index is -0.0571. The first-order valence-electron chi connectivity index (χ1n) is 10.8. The van der Waals surface area contributed by atoms with E-state index in [4.69, 9.17) is 4.74 Å². The Kier molecular flexibility index (Phi) is 6.86. The van der Waals surface area contributed by atoms with E-state index in [0.717, 1.165) is 21.8 Å². The number of hydrogen-bond acceptors (Lipinski definition) is 4. The van der Waals surface area contributed by atoms with Crippen molar-refractivity contribution in [1.82, 2.24) is 4.90 Å². The van der Waals surface area contributed by atoms with Gasteiger partial charge in [-0.25, -0.2) is 0 Å². The zero-order valence-electron chi connectivity index (χ0n) is 18.4. The Morgan fingerprint density at radius 3 is 2.41 bits per heavy atom. The van der Waals surface area contributed by atoms with Crippen molar-refractivity contribution < 1.29 is 14.3 Å². The normalized spacial score (nSPS) is 14.9. The number of methoxy groups -OCH3 is 1. The molecule has 1 aliphatic rings. The summed E-state index contributed by atoms with van der Waals surface area (Å²) in [4.78, 5) is 29.2. The number of benzene rings is 2. The number of Topliss-reactive ketones (excluding diaryl/α,β-unsaturated/α-hetero) is 1. The van der Waals surface area contributed by atoms with Crippen LogP contribution in [-0.2, 0) is 4.79 Å². The number of likely N-dealkylation sites (tertiary alicyclic amines) is 1. The second-order valence-corrected chi connectivity index (χ2v) is 9.06. The van der Waals surface area contributed by atoms with Crippen molar-refractivity contribution in [3.63, 3.8) is 0 Å². The van der Waals surface area contributed by atoms with E-state index in [1.165, 1.54) is 0 Å². The molecule has 5 heteroatoms. The molecular weight excluding hydrogens is 418 g/mol. The maximum atomic E-state index is 13.5. The first kappa shape index (κ1) is 22.0. The molecule has 32 heavy (non-hydrogen) atoms. The summed E-state index contributed by atoms with van der Waals surface area (Å²) in [5.41, 5.74) is 3.60. The largest absolute Gasteiger partial charge is 0.497 e. The molecule has 3 aromatic rings. The van der Waals surface area contributed by atoms with Crippen LogP contribution in [0.1, 0.15) is 39.2 Å². The lowest BCUT2D eigenvalue weighted by Crippen LogP contribution is -2.40. The molecule has 2 heterocycles. The zero-order chi connectivity index (χ0) is 22.5. The van der Waals surface area contributed by atoms with Crippen LogP contribution < -0.4 is 4.74 Å². The highest BCUT2D eigenvalue weighted by atomic mass is 32.1. The lowest BCUT2D eigenvalue weighted by Gasteiger charge is -2.32. The van der Waals surface area contributed by atoms with Crippen molar-refractivity contribution in [3.05, 3.63) is 87.6 Å². The second kappa shape index (κ2) is 9.96. The number of ketones is 1. The molecule has 0 radical (unpaired) electrons. The SMILES string of the molecule is COc1ccc(C(=O)C2CCN(C(=O)/C(=C\c3cccc(C)c3)c3cccs3)CC2)cc1. The Balaban J connectivity index is 1.47. The van der Waals surface area contributed by atoms with Gasteiger partial charge in [0.05, 0.1) is 12.7 Å². The van der Waals surface area contributed by atoms with Crippen LogP contribution in [0.2, 0.25) is 0 Å². The second-order valence-electron chi connectivity index (χ2n) is 8.11. The van der Waals surface area contributed by atoms with Gasteiger partial charge in [-0.1, -0.05) is 35.9 Å².